The Hall–Kier alpha value is -1.42. The minimum atomic E-state index is -0.723. The van der Waals surface area contributed by atoms with Gasteiger partial charge in [0.25, 0.3) is 0 Å². The van der Waals surface area contributed by atoms with Gasteiger partial charge in [-0.1, -0.05) is 0 Å². The van der Waals surface area contributed by atoms with E-state index in [0.29, 0.717) is 18.1 Å². The Balaban J connectivity index is 2.31. The third kappa shape index (κ3) is 1.85. The van der Waals surface area contributed by atoms with E-state index >= 15 is 0 Å². The SMILES string of the molecule is COc1ccc2c(c1)OC(C)(OC)CO2. The molecule has 0 N–H and O–H groups in total. The first kappa shape index (κ1) is 10.1. The normalized spacial score (nSPS) is 23.7. The van der Waals surface area contributed by atoms with Crippen LogP contribution in [0.5, 0.6) is 17.2 Å². The maximum Gasteiger partial charge on any atom is 0.242 e. The lowest BCUT2D eigenvalue weighted by Gasteiger charge is -2.33. The number of hydrogen-bond acceptors (Lipinski definition) is 4. The van der Waals surface area contributed by atoms with Crippen LogP contribution in [-0.2, 0) is 4.74 Å². The Morgan fingerprint density at radius 2 is 2.07 bits per heavy atom. The first-order valence-electron chi connectivity index (χ1n) is 4.72. The van der Waals surface area contributed by atoms with Crippen LogP contribution in [0.4, 0.5) is 0 Å². The van der Waals surface area contributed by atoms with Crippen LogP contribution in [0.3, 0.4) is 0 Å². The number of ether oxygens (including phenoxy) is 4. The lowest BCUT2D eigenvalue weighted by molar-refractivity contribution is -0.182. The largest absolute Gasteiger partial charge is 0.497 e. The number of hydrogen-bond donors (Lipinski definition) is 0. The van der Waals surface area contributed by atoms with Gasteiger partial charge in [-0.05, 0) is 12.1 Å². The Morgan fingerprint density at radius 1 is 1.27 bits per heavy atom. The molecular formula is C11H14O4. The topological polar surface area (TPSA) is 36.9 Å². The first-order chi connectivity index (χ1) is 7.17. The molecular weight excluding hydrogens is 196 g/mol. The van der Waals surface area contributed by atoms with E-state index in [-0.39, 0.29) is 0 Å². The van der Waals surface area contributed by atoms with Gasteiger partial charge >= 0.3 is 0 Å². The van der Waals surface area contributed by atoms with E-state index < -0.39 is 5.79 Å². The van der Waals surface area contributed by atoms with E-state index in [1.807, 2.05) is 19.1 Å². The summed E-state index contributed by atoms with van der Waals surface area (Å²) in [5.41, 5.74) is 0. The second-order valence-corrected chi connectivity index (χ2v) is 3.54. The second kappa shape index (κ2) is 3.62. The van der Waals surface area contributed by atoms with Gasteiger partial charge in [0.15, 0.2) is 18.1 Å². The molecule has 0 amide bonds. The zero-order valence-electron chi connectivity index (χ0n) is 9.07. The van der Waals surface area contributed by atoms with Gasteiger partial charge in [-0.3, -0.25) is 0 Å². The summed E-state index contributed by atoms with van der Waals surface area (Å²) in [4.78, 5) is 0. The first-order valence-corrected chi connectivity index (χ1v) is 4.72. The van der Waals surface area contributed by atoms with E-state index in [2.05, 4.69) is 0 Å². The highest BCUT2D eigenvalue weighted by atomic mass is 16.7. The number of benzene rings is 1. The quantitative estimate of drug-likeness (QED) is 0.746. The molecule has 82 valence electrons. The van der Waals surface area contributed by atoms with Crippen molar-refractivity contribution >= 4 is 0 Å². The fourth-order valence-electron chi connectivity index (χ4n) is 1.39. The predicted molar refractivity (Wildman–Crippen MR) is 54.5 cm³/mol. The van der Waals surface area contributed by atoms with Gasteiger partial charge in [0, 0.05) is 20.1 Å². The molecule has 0 fully saturated rings. The fourth-order valence-corrected chi connectivity index (χ4v) is 1.39. The molecule has 1 aliphatic rings. The molecule has 1 aliphatic heterocycles. The Kier molecular flexibility index (Phi) is 2.44. The Morgan fingerprint density at radius 3 is 2.73 bits per heavy atom. The zero-order valence-corrected chi connectivity index (χ0v) is 9.07. The molecule has 0 saturated heterocycles. The van der Waals surface area contributed by atoms with Crippen molar-refractivity contribution in [2.45, 2.75) is 12.7 Å². The van der Waals surface area contributed by atoms with Gasteiger partial charge in [-0.25, -0.2) is 0 Å². The summed E-state index contributed by atoms with van der Waals surface area (Å²) in [6.07, 6.45) is 0. The average molecular weight is 210 g/mol. The summed E-state index contributed by atoms with van der Waals surface area (Å²) in [6.45, 7) is 2.21. The van der Waals surface area contributed by atoms with Crippen LogP contribution in [0, 0.1) is 0 Å². The van der Waals surface area contributed by atoms with Crippen molar-refractivity contribution in [1.29, 1.82) is 0 Å². The summed E-state index contributed by atoms with van der Waals surface area (Å²) in [5.74, 6) is 1.37. The Labute approximate surface area is 88.7 Å². The van der Waals surface area contributed by atoms with Crippen LogP contribution in [0.2, 0.25) is 0 Å². The summed E-state index contributed by atoms with van der Waals surface area (Å²) in [7, 11) is 3.20. The Bertz CT molecular complexity index is 364. The number of rotatable bonds is 2. The van der Waals surface area contributed by atoms with Gasteiger partial charge < -0.3 is 18.9 Å². The molecule has 0 radical (unpaired) electrons. The highest BCUT2D eigenvalue weighted by Crippen LogP contribution is 2.37. The smallest absolute Gasteiger partial charge is 0.242 e. The molecule has 0 aliphatic carbocycles. The van der Waals surface area contributed by atoms with Gasteiger partial charge in [0.1, 0.15) is 5.75 Å². The summed E-state index contributed by atoms with van der Waals surface area (Å²) in [6, 6.07) is 5.44. The highest BCUT2D eigenvalue weighted by molar-refractivity contribution is 5.46. The summed E-state index contributed by atoms with van der Waals surface area (Å²) in [5, 5.41) is 0. The van der Waals surface area contributed by atoms with Crippen LogP contribution in [-0.4, -0.2) is 26.6 Å². The standard InChI is InChI=1S/C11H14O4/c1-11(13-3)7-14-9-5-4-8(12-2)6-10(9)15-11/h4-6H,7H2,1-3H3. The molecule has 1 heterocycles. The van der Waals surface area contributed by atoms with Gasteiger partial charge in [-0.2, -0.15) is 0 Å². The molecule has 1 aromatic rings. The molecule has 4 heteroatoms. The molecule has 1 unspecified atom stereocenters. The lowest BCUT2D eigenvalue weighted by atomic mass is 10.2. The van der Waals surface area contributed by atoms with Crippen LogP contribution < -0.4 is 14.2 Å². The van der Waals surface area contributed by atoms with Crippen molar-refractivity contribution in [3.63, 3.8) is 0 Å². The molecule has 4 nitrogen and oxygen atoms in total. The van der Waals surface area contributed by atoms with E-state index in [4.69, 9.17) is 18.9 Å². The van der Waals surface area contributed by atoms with Crippen LogP contribution in [0.25, 0.3) is 0 Å². The van der Waals surface area contributed by atoms with Crippen molar-refractivity contribution < 1.29 is 18.9 Å². The van der Waals surface area contributed by atoms with Gasteiger partial charge in [0.05, 0.1) is 7.11 Å². The van der Waals surface area contributed by atoms with E-state index in [9.17, 15) is 0 Å². The fraction of sp³-hybridized carbons (Fsp3) is 0.455. The molecule has 1 aromatic carbocycles. The van der Waals surface area contributed by atoms with Crippen molar-refractivity contribution in [3.8, 4) is 17.2 Å². The minimum absolute atomic E-state index is 0.378. The molecule has 0 saturated carbocycles. The maximum absolute atomic E-state index is 5.68. The van der Waals surface area contributed by atoms with E-state index in [1.54, 1.807) is 20.3 Å². The summed E-state index contributed by atoms with van der Waals surface area (Å²) < 4.78 is 21.5. The van der Waals surface area contributed by atoms with Crippen molar-refractivity contribution in [1.82, 2.24) is 0 Å². The second-order valence-electron chi connectivity index (χ2n) is 3.54. The maximum atomic E-state index is 5.68. The minimum Gasteiger partial charge on any atom is -0.497 e. The molecule has 0 bridgehead atoms. The molecule has 0 spiro atoms. The van der Waals surface area contributed by atoms with Gasteiger partial charge in [0.2, 0.25) is 5.79 Å². The molecule has 2 rings (SSSR count). The number of methoxy groups -OCH3 is 2. The lowest BCUT2D eigenvalue weighted by Crippen LogP contribution is -2.43. The molecule has 15 heavy (non-hydrogen) atoms. The number of fused-ring (bicyclic) bond motifs is 1. The summed E-state index contributed by atoms with van der Waals surface area (Å²) >= 11 is 0. The van der Waals surface area contributed by atoms with Crippen molar-refractivity contribution in [3.05, 3.63) is 18.2 Å². The van der Waals surface area contributed by atoms with E-state index in [1.165, 1.54) is 0 Å². The van der Waals surface area contributed by atoms with Crippen LogP contribution in [0.1, 0.15) is 6.92 Å². The van der Waals surface area contributed by atoms with Crippen molar-refractivity contribution in [2.75, 3.05) is 20.8 Å². The third-order valence-corrected chi connectivity index (χ3v) is 2.40. The van der Waals surface area contributed by atoms with Crippen molar-refractivity contribution in [2.24, 2.45) is 0 Å². The van der Waals surface area contributed by atoms with Crippen LogP contribution >= 0.6 is 0 Å². The molecule has 0 aromatic heterocycles. The average Bonchev–Trinajstić information content (AvgIpc) is 2.28. The molecule has 1 atom stereocenters. The third-order valence-electron chi connectivity index (χ3n) is 2.40. The van der Waals surface area contributed by atoms with E-state index in [0.717, 1.165) is 5.75 Å². The predicted octanol–water partition coefficient (Wildman–Crippen LogP) is 1.83. The zero-order chi connectivity index (χ0) is 10.9. The monoisotopic (exact) mass is 210 g/mol. The van der Waals surface area contributed by atoms with Crippen LogP contribution in [0.15, 0.2) is 18.2 Å². The highest BCUT2D eigenvalue weighted by Gasteiger charge is 2.33. The van der Waals surface area contributed by atoms with Gasteiger partial charge in [-0.15, -0.1) is 0 Å².